The van der Waals surface area contributed by atoms with E-state index in [4.69, 9.17) is 4.74 Å². The molecule has 5 heteroatoms. The highest BCUT2D eigenvalue weighted by Gasteiger charge is 2.25. The molecule has 0 aromatic rings. The molecule has 0 radical (unpaired) electrons. The van der Waals surface area contributed by atoms with Gasteiger partial charge in [-0.05, 0) is 19.3 Å². The Kier molecular flexibility index (Phi) is 4.55. The van der Waals surface area contributed by atoms with Gasteiger partial charge in [-0.2, -0.15) is 0 Å². The number of carbonyl (C=O) groups is 2. The van der Waals surface area contributed by atoms with Gasteiger partial charge in [0.2, 0.25) is 0 Å². The first-order chi connectivity index (χ1) is 7.11. The lowest BCUT2D eigenvalue weighted by Crippen LogP contribution is -2.31. The molecule has 0 N–H and O–H groups in total. The molecule has 1 fully saturated rings. The largest absolute Gasteiger partial charge is 0.383 e. The van der Waals surface area contributed by atoms with Crippen LogP contribution in [0.4, 0.5) is 0 Å². The summed E-state index contributed by atoms with van der Waals surface area (Å²) in [6.07, 6.45) is 1.92. The molecule has 1 saturated heterocycles. The Morgan fingerprint density at radius 2 is 2.00 bits per heavy atom. The molecule has 0 bridgehead atoms. The maximum Gasteiger partial charge on any atom is 0.383 e. The highest BCUT2D eigenvalue weighted by atomic mass is 17.2. The van der Waals surface area contributed by atoms with E-state index in [9.17, 15) is 9.59 Å². The van der Waals surface area contributed by atoms with Crippen LogP contribution in [-0.4, -0.2) is 24.6 Å². The van der Waals surface area contributed by atoms with Gasteiger partial charge in [0, 0.05) is 6.61 Å². The Bertz CT molecular complexity index is 230. The summed E-state index contributed by atoms with van der Waals surface area (Å²) in [6.45, 7) is 3.87. The van der Waals surface area contributed by atoms with Crippen LogP contribution in [0.15, 0.2) is 0 Å². The molecule has 1 atom stereocenters. The van der Waals surface area contributed by atoms with E-state index >= 15 is 0 Å². The summed E-state index contributed by atoms with van der Waals surface area (Å²) in [5.74, 6) is -1.49. The van der Waals surface area contributed by atoms with E-state index in [1.165, 1.54) is 0 Å². The number of carbonyl (C=O) groups excluding carboxylic acids is 2. The van der Waals surface area contributed by atoms with E-state index in [-0.39, 0.29) is 5.92 Å². The molecule has 0 spiro atoms. The van der Waals surface area contributed by atoms with Crippen LogP contribution in [0.1, 0.15) is 33.1 Å². The Labute approximate surface area is 88.6 Å². The summed E-state index contributed by atoms with van der Waals surface area (Å²) in [7, 11) is 0. The summed E-state index contributed by atoms with van der Waals surface area (Å²) in [6, 6.07) is 0. The van der Waals surface area contributed by atoms with Crippen LogP contribution >= 0.6 is 0 Å². The standard InChI is InChI=1S/C10H16O5/c1-7(2)9(11)14-15-10(12)8-5-3-4-6-13-8/h7-8H,3-6H2,1-2H3. The Morgan fingerprint density at radius 1 is 1.27 bits per heavy atom. The molecule has 0 aromatic heterocycles. The third-order valence-corrected chi connectivity index (χ3v) is 2.12. The molecule has 86 valence electrons. The molecule has 0 amide bonds. The van der Waals surface area contributed by atoms with Crippen molar-refractivity contribution in [3.63, 3.8) is 0 Å². The van der Waals surface area contributed by atoms with Crippen molar-refractivity contribution in [2.24, 2.45) is 5.92 Å². The second kappa shape index (κ2) is 5.70. The second-order valence-corrected chi connectivity index (χ2v) is 3.81. The maximum absolute atomic E-state index is 11.3. The van der Waals surface area contributed by atoms with Gasteiger partial charge >= 0.3 is 11.9 Å². The van der Waals surface area contributed by atoms with Gasteiger partial charge in [-0.25, -0.2) is 19.4 Å². The first-order valence-corrected chi connectivity index (χ1v) is 5.15. The summed E-state index contributed by atoms with van der Waals surface area (Å²) < 4.78 is 5.17. The van der Waals surface area contributed by atoms with E-state index < -0.39 is 18.0 Å². The SMILES string of the molecule is CC(C)C(=O)OOC(=O)C1CCCCO1. The van der Waals surface area contributed by atoms with Gasteiger partial charge in [-0.15, -0.1) is 0 Å². The molecule has 1 aliphatic heterocycles. The maximum atomic E-state index is 11.3. The average molecular weight is 216 g/mol. The third-order valence-electron chi connectivity index (χ3n) is 2.12. The van der Waals surface area contributed by atoms with Crippen molar-refractivity contribution >= 4 is 11.9 Å². The highest BCUT2D eigenvalue weighted by Crippen LogP contribution is 2.14. The fourth-order valence-electron chi connectivity index (χ4n) is 1.16. The summed E-state index contributed by atoms with van der Waals surface area (Å²) in [5, 5.41) is 0. The fraction of sp³-hybridized carbons (Fsp3) is 0.800. The molecule has 0 saturated carbocycles. The number of hydrogen-bond acceptors (Lipinski definition) is 5. The first-order valence-electron chi connectivity index (χ1n) is 5.15. The van der Waals surface area contributed by atoms with Crippen LogP contribution in [0.25, 0.3) is 0 Å². The van der Waals surface area contributed by atoms with Gasteiger partial charge < -0.3 is 4.74 Å². The van der Waals surface area contributed by atoms with E-state index in [0.717, 1.165) is 12.8 Å². The van der Waals surface area contributed by atoms with Gasteiger partial charge in [0.1, 0.15) is 0 Å². The molecule has 1 rings (SSSR count). The fourth-order valence-corrected chi connectivity index (χ4v) is 1.16. The quantitative estimate of drug-likeness (QED) is 0.513. The van der Waals surface area contributed by atoms with Crippen LogP contribution in [0.3, 0.4) is 0 Å². The van der Waals surface area contributed by atoms with Crippen molar-refractivity contribution in [1.82, 2.24) is 0 Å². The van der Waals surface area contributed by atoms with E-state index in [1.807, 2.05) is 0 Å². The van der Waals surface area contributed by atoms with Crippen molar-refractivity contribution in [3.05, 3.63) is 0 Å². The predicted octanol–water partition coefficient (Wildman–Crippen LogP) is 1.21. The van der Waals surface area contributed by atoms with Gasteiger partial charge in [-0.1, -0.05) is 13.8 Å². The predicted molar refractivity (Wildman–Crippen MR) is 50.6 cm³/mol. The zero-order valence-corrected chi connectivity index (χ0v) is 9.02. The van der Waals surface area contributed by atoms with Crippen LogP contribution in [0.2, 0.25) is 0 Å². The van der Waals surface area contributed by atoms with Crippen molar-refractivity contribution in [2.75, 3.05) is 6.61 Å². The summed E-state index contributed by atoms with van der Waals surface area (Å²) >= 11 is 0. The van der Waals surface area contributed by atoms with Crippen molar-refractivity contribution in [1.29, 1.82) is 0 Å². The molecule has 1 aliphatic rings. The van der Waals surface area contributed by atoms with Crippen LogP contribution in [0.5, 0.6) is 0 Å². The molecule has 1 unspecified atom stereocenters. The molecule has 5 nitrogen and oxygen atoms in total. The van der Waals surface area contributed by atoms with Gasteiger partial charge in [0.15, 0.2) is 6.10 Å². The third kappa shape index (κ3) is 3.87. The van der Waals surface area contributed by atoms with Crippen LogP contribution in [0, 0.1) is 5.92 Å². The zero-order valence-electron chi connectivity index (χ0n) is 9.02. The smallest absolute Gasteiger partial charge is 0.366 e. The molecular formula is C10H16O5. The van der Waals surface area contributed by atoms with E-state index in [1.54, 1.807) is 13.8 Å². The molecule has 0 aromatic carbocycles. The summed E-state index contributed by atoms with van der Waals surface area (Å²) in [5.41, 5.74) is 0. The average Bonchev–Trinajstić information content (AvgIpc) is 2.26. The lowest BCUT2D eigenvalue weighted by atomic mass is 10.1. The minimum absolute atomic E-state index is 0.315. The van der Waals surface area contributed by atoms with E-state index in [0.29, 0.717) is 13.0 Å². The molecule has 1 heterocycles. The minimum atomic E-state index is -0.622. The van der Waals surface area contributed by atoms with E-state index in [2.05, 4.69) is 9.78 Å². The van der Waals surface area contributed by atoms with Crippen molar-refractivity contribution in [2.45, 2.75) is 39.2 Å². The Morgan fingerprint density at radius 3 is 2.53 bits per heavy atom. The molecule has 0 aliphatic carbocycles. The van der Waals surface area contributed by atoms with Gasteiger partial charge in [0.05, 0.1) is 5.92 Å². The van der Waals surface area contributed by atoms with Crippen molar-refractivity contribution in [3.8, 4) is 0 Å². The topological polar surface area (TPSA) is 61.8 Å². The minimum Gasteiger partial charge on any atom is -0.366 e. The highest BCUT2D eigenvalue weighted by molar-refractivity contribution is 5.76. The van der Waals surface area contributed by atoms with Crippen molar-refractivity contribution < 1.29 is 24.1 Å². The number of hydrogen-bond donors (Lipinski definition) is 0. The number of rotatable bonds is 2. The molecular weight excluding hydrogens is 200 g/mol. The van der Waals surface area contributed by atoms with Crippen LogP contribution < -0.4 is 0 Å². The Hall–Kier alpha value is -1.10. The second-order valence-electron chi connectivity index (χ2n) is 3.81. The molecule has 15 heavy (non-hydrogen) atoms. The number of ether oxygens (including phenoxy) is 1. The normalized spacial score (nSPS) is 21.1. The monoisotopic (exact) mass is 216 g/mol. The van der Waals surface area contributed by atoms with Gasteiger partial charge in [0.25, 0.3) is 0 Å². The summed E-state index contributed by atoms with van der Waals surface area (Å²) in [4.78, 5) is 31.0. The zero-order chi connectivity index (χ0) is 11.3. The lowest BCUT2D eigenvalue weighted by molar-refractivity contribution is -0.269. The lowest BCUT2D eigenvalue weighted by Gasteiger charge is -2.19. The van der Waals surface area contributed by atoms with Gasteiger partial charge in [-0.3, -0.25) is 0 Å². The first kappa shape index (κ1) is 12.0. The van der Waals surface area contributed by atoms with Crippen LogP contribution in [-0.2, 0) is 24.1 Å². The Balaban J connectivity index is 2.26.